The summed E-state index contributed by atoms with van der Waals surface area (Å²) in [5.41, 5.74) is 1.28. The molecule has 1 aromatic carbocycles. The second-order valence-corrected chi connectivity index (χ2v) is 7.17. The SMILES string of the molecule is CCSc1ncc2c(=O)n(CC(=O)NCCCc3ccccc3)cnc2n1. The van der Waals surface area contributed by atoms with E-state index in [-0.39, 0.29) is 18.0 Å². The lowest BCUT2D eigenvalue weighted by molar-refractivity contribution is -0.121. The standard InChI is InChI=1S/C19H21N5O2S/c1-2-27-19-21-11-15-17(23-19)22-13-24(18(15)26)12-16(25)20-10-6-9-14-7-4-3-5-8-14/h3-5,7-8,11,13H,2,6,9-10,12H2,1H3,(H,20,25). The largest absolute Gasteiger partial charge is 0.355 e. The molecule has 0 spiro atoms. The molecule has 0 aliphatic heterocycles. The predicted octanol–water partition coefficient (Wildman–Crippen LogP) is 2.05. The smallest absolute Gasteiger partial charge is 0.264 e. The molecule has 0 fully saturated rings. The van der Waals surface area contributed by atoms with Crippen molar-refractivity contribution in [2.45, 2.75) is 31.5 Å². The molecule has 27 heavy (non-hydrogen) atoms. The minimum Gasteiger partial charge on any atom is -0.355 e. The van der Waals surface area contributed by atoms with Crippen LogP contribution in [0.4, 0.5) is 0 Å². The van der Waals surface area contributed by atoms with Gasteiger partial charge in [-0.25, -0.2) is 15.0 Å². The summed E-state index contributed by atoms with van der Waals surface area (Å²) in [6.07, 6.45) is 4.58. The van der Waals surface area contributed by atoms with Crippen LogP contribution in [-0.4, -0.2) is 37.7 Å². The molecule has 140 valence electrons. The van der Waals surface area contributed by atoms with Gasteiger partial charge in [-0.05, 0) is 24.2 Å². The summed E-state index contributed by atoms with van der Waals surface area (Å²) >= 11 is 1.49. The molecule has 3 aromatic rings. The van der Waals surface area contributed by atoms with E-state index < -0.39 is 0 Å². The third-order valence-electron chi connectivity index (χ3n) is 3.95. The average molecular weight is 383 g/mol. The predicted molar refractivity (Wildman–Crippen MR) is 106 cm³/mol. The number of aryl methyl sites for hydroxylation is 1. The van der Waals surface area contributed by atoms with Crippen LogP contribution in [0.25, 0.3) is 11.0 Å². The van der Waals surface area contributed by atoms with Crippen molar-refractivity contribution in [2.75, 3.05) is 12.3 Å². The zero-order valence-corrected chi connectivity index (χ0v) is 15.9. The monoisotopic (exact) mass is 383 g/mol. The second kappa shape index (κ2) is 9.27. The average Bonchev–Trinajstić information content (AvgIpc) is 2.69. The van der Waals surface area contributed by atoms with Gasteiger partial charge >= 0.3 is 0 Å². The van der Waals surface area contributed by atoms with Crippen molar-refractivity contribution in [3.05, 3.63) is 58.8 Å². The lowest BCUT2D eigenvalue weighted by Crippen LogP contribution is -2.33. The zero-order chi connectivity index (χ0) is 19.1. The lowest BCUT2D eigenvalue weighted by Gasteiger charge is -2.08. The molecule has 0 aliphatic rings. The molecule has 3 rings (SSSR count). The summed E-state index contributed by atoms with van der Waals surface area (Å²) in [6, 6.07) is 10.1. The first kappa shape index (κ1) is 19.0. The van der Waals surface area contributed by atoms with E-state index in [0.717, 1.165) is 18.6 Å². The number of aromatic nitrogens is 4. The van der Waals surface area contributed by atoms with Gasteiger partial charge in [0.05, 0.1) is 0 Å². The van der Waals surface area contributed by atoms with Crippen LogP contribution in [0.5, 0.6) is 0 Å². The van der Waals surface area contributed by atoms with Crippen LogP contribution < -0.4 is 10.9 Å². The highest BCUT2D eigenvalue weighted by Crippen LogP contribution is 2.13. The van der Waals surface area contributed by atoms with Crippen molar-refractivity contribution >= 4 is 28.7 Å². The Bertz CT molecular complexity index is 975. The third kappa shape index (κ3) is 5.13. The van der Waals surface area contributed by atoms with Gasteiger partial charge < -0.3 is 5.32 Å². The van der Waals surface area contributed by atoms with Crippen molar-refractivity contribution in [1.29, 1.82) is 0 Å². The number of rotatable bonds is 8. The van der Waals surface area contributed by atoms with Crippen LogP contribution in [0, 0.1) is 0 Å². The number of carbonyl (C=O) groups excluding carboxylic acids is 1. The highest BCUT2D eigenvalue weighted by atomic mass is 32.2. The number of carbonyl (C=O) groups is 1. The van der Waals surface area contributed by atoms with Crippen molar-refractivity contribution < 1.29 is 4.79 Å². The molecule has 8 heteroatoms. The second-order valence-electron chi connectivity index (χ2n) is 5.94. The molecule has 0 atom stereocenters. The molecule has 2 heterocycles. The fraction of sp³-hybridized carbons (Fsp3) is 0.316. The molecule has 0 unspecified atom stereocenters. The molecule has 0 saturated heterocycles. The van der Waals surface area contributed by atoms with E-state index in [4.69, 9.17) is 0 Å². The molecule has 1 N–H and O–H groups in total. The quantitative estimate of drug-likeness (QED) is 0.364. The Labute approximate surface area is 161 Å². The number of benzene rings is 1. The molecule has 0 aliphatic carbocycles. The normalized spacial score (nSPS) is 10.9. The molecular formula is C19H21N5O2S. The third-order valence-corrected chi connectivity index (χ3v) is 4.70. The van der Waals surface area contributed by atoms with Gasteiger partial charge in [-0.2, -0.15) is 0 Å². The Hall–Kier alpha value is -2.74. The molecule has 0 bridgehead atoms. The summed E-state index contributed by atoms with van der Waals surface area (Å²) in [5, 5.41) is 3.74. The van der Waals surface area contributed by atoms with Crippen LogP contribution in [0.3, 0.4) is 0 Å². The van der Waals surface area contributed by atoms with E-state index in [1.54, 1.807) is 0 Å². The van der Waals surface area contributed by atoms with Crippen molar-refractivity contribution in [1.82, 2.24) is 24.8 Å². The lowest BCUT2D eigenvalue weighted by atomic mass is 10.1. The van der Waals surface area contributed by atoms with Gasteiger partial charge in [0, 0.05) is 12.7 Å². The molecule has 2 aromatic heterocycles. The van der Waals surface area contributed by atoms with E-state index >= 15 is 0 Å². The van der Waals surface area contributed by atoms with Crippen LogP contribution >= 0.6 is 11.8 Å². The van der Waals surface area contributed by atoms with Crippen LogP contribution in [0.1, 0.15) is 18.9 Å². The Morgan fingerprint density at radius 2 is 2.04 bits per heavy atom. The first-order valence-corrected chi connectivity index (χ1v) is 9.81. The fourth-order valence-corrected chi connectivity index (χ4v) is 3.16. The Kier molecular flexibility index (Phi) is 6.54. The summed E-state index contributed by atoms with van der Waals surface area (Å²) in [7, 11) is 0. The highest BCUT2D eigenvalue weighted by Gasteiger charge is 2.10. The number of nitrogens with one attached hydrogen (secondary N) is 1. The number of nitrogens with zero attached hydrogens (tertiary/aromatic N) is 4. The Morgan fingerprint density at radius 3 is 2.81 bits per heavy atom. The number of hydrogen-bond acceptors (Lipinski definition) is 6. The van der Waals surface area contributed by atoms with Gasteiger partial charge in [-0.15, -0.1) is 0 Å². The molecule has 1 amide bonds. The number of amides is 1. The van der Waals surface area contributed by atoms with Gasteiger partial charge in [0.15, 0.2) is 10.8 Å². The Balaban J connectivity index is 1.57. The van der Waals surface area contributed by atoms with Gasteiger partial charge in [0.25, 0.3) is 5.56 Å². The van der Waals surface area contributed by atoms with Gasteiger partial charge in [0.2, 0.25) is 5.91 Å². The van der Waals surface area contributed by atoms with E-state index in [1.807, 2.05) is 25.1 Å². The number of hydrogen-bond donors (Lipinski definition) is 1. The fourth-order valence-electron chi connectivity index (χ4n) is 2.62. The number of thioether (sulfide) groups is 1. The molecule has 0 saturated carbocycles. The molecule has 7 nitrogen and oxygen atoms in total. The maximum Gasteiger partial charge on any atom is 0.264 e. The van der Waals surface area contributed by atoms with Gasteiger partial charge in [0.1, 0.15) is 18.3 Å². The molecular weight excluding hydrogens is 362 g/mol. The van der Waals surface area contributed by atoms with Crippen LogP contribution in [-0.2, 0) is 17.8 Å². The number of fused-ring (bicyclic) bond motifs is 1. The summed E-state index contributed by atoms with van der Waals surface area (Å²) in [4.78, 5) is 37.2. The van der Waals surface area contributed by atoms with Crippen molar-refractivity contribution in [3.8, 4) is 0 Å². The highest BCUT2D eigenvalue weighted by molar-refractivity contribution is 7.99. The van der Waals surface area contributed by atoms with Gasteiger partial charge in [-0.1, -0.05) is 49.0 Å². The van der Waals surface area contributed by atoms with E-state index in [9.17, 15) is 9.59 Å². The molecule has 0 radical (unpaired) electrons. The first-order chi connectivity index (χ1) is 13.2. The summed E-state index contributed by atoms with van der Waals surface area (Å²) in [6.45, 7) is 2.49. The maximum absolute atomic E-state index is 12.5. The zero-order valence-electron chi connectivity index (χ0n) is 15.1. The van der Waals surface area contributed by atoms with E-state index in [0.29, 0.717) is 22.7 Å². The van der Waals surface area contributed by atoms with Crippen molar-refractivity contribution in [2.24, 2.45) is 0 Å². The van der Waals surface area contributed by atoms with Crippen LogP contribution in [0.15, 0.2) is 52.8 Å². The van der Waals surface area contributed by atoms with Crippen molar-refractivity contribution in [3.63, 3.8) is 0 Å². The summed E-state index contributed by atoms with van der Waals surface area (Å²) < 4.78 is 1.28. The maximum atomic E-state index is 12.5. The van der Waals surface area contributed by atoms with E-state index in [1.165, 1.54) is 34.4 Å². The van der Waals surface area contributed by atoms with Gasteiger partial charge in [-0.3, -0.25) is 14.2 Å². The Morgan fingerprint density at radius 1 is 1.22 bits per heavy atom. The minimum atomic E-state index is -0.313. The van der Waals surface area contributed by atoms with Crippen LogP contribution in [0.2, 0.25) is 0 Å². The minimum absolute atomic E-state index is 0.0709. The van der Waals surface area contributed by atoms with E-state index in [2.05, 4.69) is 32.4 Å². The first-order valence-electron chi connectivity index (χ1n) is 8.83. The topological polar surface area (TPSA) is 89.8 Å². The summed E-state index contributed by atoms with van der Waals surface area (Å²) in [5.74, 6) is 0.623.